The van der Waals surface area contributed by atoms with Crippen molar-refractivity contribution in [3.8, 4) is 0 Å². The Bertz CT molecular complexity index is 978. The Hall–Kier alpha value is -3.02. The lowest BCUT2D eigenvalue weighted by Crippen LogP contribution is -2.23. The van der Waals surface area contributed by atoms with E-state index in [0.29, 0.717) is 34.5 Å². The van der Waals surface area contributed by atoms with E-state index in [1.165, 1.54) is 24.3 Å². The van der Waals surface area contributed by atoms with Crippen molar-refractivity contribution in [1.29, 1.82) is 0 Å². The van der Waals surface area contributed by atoms with E-state index >= 15 is 0 Å². The fraction of sp³-hybridized carbons (Fsp3) is 0.167. The van der Waals surface area contributed by atoms with E-state index in [4.69, 9.17) is 0 Å². The van der Waals surface area contributed by atoms with E-state index in [1.807, 2.05) is 6.92 Å². The zero-order valence-electron chi connectivity index (χ0n) is 13.3. The number of anilines is 1. The van der Waals surface area contributed by atoms with E-state index in [1.54, 1.807) is 29.7 Å². The second-order valence-corrected chi connectivity index (χ2v) is 5.41. The monoisotopic (exact) mass is 325 g/mol. The lowest BCUT2D eigenvalue weighted by Gasteiger charge is -2.10. The van der Waals surface area contributed by atoms with Crippen LogP contribution in [0.3, 0.4) is 0 Å². The zero-order chi connectivity index (χ0) is 17.3. The van der Waals surface area contributed by atoms with Crippen molar-refractivity contribution in [2.24, 2.45) is 0 Å². The summed E-state index contributed by atoms with van der Waals surface area (Å²) in [5, 5.41) is 2.70. The molecular formula is C18H16FN3O2. The van der Waals surface area contributed by atoms with Crippen molar-refractivity contribution in [2.75, 3.05) is 5.32 Å². The van der Waals surface area contributed by atoms with Crippen LogP contribution >= 0.6 is 0 Å². The summed E-state index contributed by atoms with van der Waals surface area (Å²) in [5.41, 5.74) is 2.45. The van der Waals surface area contributed by atoms with Gasteiger partial charge in [0, 0.05) is 17.8 Å². The van der Waals surface area contributed by atoms with Crippen LogP contribution in [0.15, 0.2) is 47.3 Å². The number of hydrogen-bond acceptors (Lipinski definition) is 3. The van der Waals surface area contributed by atoms with Gasteiger partial charge in [-0.25, -0.2) is 9.37 Å². The maximum atomic E-state index is 12.9. The van der Waals surface area contributed by atoms with Crippen LogP contribution in [0.1, 0.15) is 23.0 Å². The summed E-state index contributed by atoms with van der Waals surface area (Å²) < 4.78 is 14.5. The van der Waals surface area contributed by atoms with Gasteiger partial charge in [-0.15, -0.1) is 0 Å². The molecular weight excluding hydrogens is 309 g/mol. The fourth-order valence-corrected chi connectivity index (χ4v) is 2.57. The Morgan fingerprint density at radius 3 is 2.58 bits per heavy atom. The van der Waals surface area contributed by atoms with Gasteiger partial charge in [0.15, 0.2) is 0 Å². The van der Waals surface area contributed by atoms with Gasteiger partial charge < -0.3 is 9.88 Å². The molecule has 5 nitrogen and oxygen atoms in total. The van der Waals surface area contributed by atoms with E-state index in [0.717, 1.165) is 0 Å². The number of halogens is 1. The summed E-state index contributed by atoms with van der Waals surface area (Å²) >= 11 is 0. The van der Waals surface area contributed by atoms with Gasteiger partial charge in [-0.05, 0) is 56.3 Å². The first-order valence-electron chi connectivity index (χ1n) is 7.57. The minimum absolute atomic E-state index is 0.131. The van der Waals surface area contributed by atoms with Crippen LogP contribution in [-0.4, -0.2) is 15.5 Å². The molecule has 0 aliphatic carbocycles. The highest BCUT2D eigenvalue weighted by atomic mass is 19.1. The average Bonchev–Trinajstić information content (AvgIpc) is 2.57. The molecule has 3 aromatic rings. The van der Waals surface area contributed by atoms with Crippen LogP contribution in [0.2, 0.25) is 0 Å². The van der Waals surface area contributed by atoms with Crippen LogP contribution in [0.4, 0.5) is 10.1 Å². The van der Waals surface area contributed by atoms with Gasteiger partial charge in [0.25, 0.3) is 11.5 Å². The molecule has 0 aliphatic heterocycles. The van der Waals surface area contributed by atoms with Gasteiger partial charge in [-0.3, -0.25) is 9.59 Å². The maximum absolute atomic E-state index is 12.9. The van der Waals surface area contributed by atoms with Crippen molar-refractivity contribution in [2.45, 2.75) is 20.4 Å². The highest BCUT2D eigenvalue weighted by Gasteiger charge is 2.11. The predicted octanol–water partition coefficient (Wildman–Crippen LogP) is 3.12. The number of fused-ring (bicyclic) bond motifs is 1. The molecule has 0 spiro atoms. The number of benzene rings is 2. The Balaban J connectivity index is 1.98. The standard InChI is InChI=1S/C18H16FN3O2/c1-3-22-16-9-4-12(10-15(16)20-11(2)18(22)24)17(23)21-14-7-5-13(19)6-8-14/h4-10H,3H2,1-2H3,(H,21,23). The molecule has 0 atom stereocenters. The third-order valence-electron chi connectivity index (χ3n) is 3.79. The number of aryl methyl sites for hydroxylation is 2. The minimum atomic E-state index is -0.365. The molecule has 3 rings (SSSR count). The molecule has 6 heteroatoms. The Morgan fingerprint density at radius 2 is 1.92 bits per heavy atom. The molecule has 122 valence electrons. The molecule has 0 radical (unpaired) electrons. The van der Waals surface area contributed by atoms with Gasteiger partial charge in [0.2, 0.25) is 0 Å². The summed E-state index contributed by atoms with van der Waals surface area (Å²) in [6.07, 6.45) is 0. The summed E-state index contributed by atoms with van der Waals surface area (Å²) in [4.78, 5) is 28.7. The molecule has 1 amide bonds. The number of nitrogens with zero attached hydrogens (tertiary/aromatic N) is 2. The number of carbonyl (C=O) groups excluding carboxylic acids is 1. The van der Waals surface area contributed by atoms with Gasteiger partial charge >= 0.3 is 0 Å². The quantitative estimate of drug-likeness (QED) is 0.805. The molecule has 2 aromatic carbocycles. The zero-order valence-corrected chi connectivity index (χ0v) is 13.3. The third-order valence-corrected chi connectivity index (χ3v) is 3.79. The number of hydrogen-bond donors (Lipinski definition) is 1. The van der Waals surface area contributed by atoms with Crippen molar-refractivity contribution in [3.05, 3.63) is 69.9 Å². The van der Waals surface area contributed by atoms with Crippen molar-refractivity contribution in [1.82, 2.24) is 9.55 Å². The normalized spacial score (nSPS) is 10.8. The molecule has 0 bridgehead atoms. The summed E-state index contributed by atoms with van der Waals surface area (Å²) in [5.74, 6) is -0.687. The highest BCUT2D eigenvalue weighted by Crippen LogP contribution is 2.16. The molecule has 0 saturated heterocycles. The lowest BCUT2D eigenvalue weighted by molar-refractivity contribution is 0.102. The topological polar surface area (TPSA) is 64.0 Å². The fourth-order valence-electron chi connectivity index (χ4n) is 2.57. The Labute approximate surface area is 137 Å². The second-order valence-electron chi connectivity index (χ2n) is 5.41. The van der Waals surface area contributed by atoms with Crippen molar-refractivity contribution in [3.63, 3.8) is 0 Å². The van der Waals surface area contributed by atoms with Crippen LogP contribution < -0.4 is 10.9 Å². The molecule has 1 heterocycles. The number of aromatic nitrogens is 2. The van der Waals surface area contributed by atoms with Gasteiger partial charge in [-0.1, -0.05) is 0 Å². The van der Waals surface area contributed by atoms with Crippen LogP contribution in [0.25, 0.3) is 11.0 Å². The summed E-state index contributed by atoms with van der Waals surface area (Å²) in [7, 11) is 0. The molecule has 0 fully saturated rings. The first kappa shape index (κ1) is 15.9. The average molecular weight is 325 g/mol. The predicted molar refractivity (Wildman–Crippen MR) is 90.8 cm³/mol. The van der Waals surface area contributed by atoms with E-state index in [2.05, 4.69) is 10.3 Å². The largest absolute Gasteiger partial charge is 0.322 e. The van der Waals surface area contributed by atoms with Crippen LogP contribution in [0.5, 0.6) is 0 Å². The van der Waals surface area contributed by atoms with Crippen LogP contribution in [-0.2, 0) is 6.54 Å². The highest BCUT2D eigenvalue weighted by molar-refractivity contribution is 6.05. The Morgan fingerprint density at radius 1 is 1.21 bits per heavy atom. The Kier molecular flexibility index (Phi) is 4.12. The van der Waals surface area contributed by atoms with E-state index in [-0.39, 0.29) is 17.3 Å². The molecule has 1 N–H and O–H groups in total. The minimum Gasteiger partial charge on any atom is -0.322 e. The number of nitrogens with one attached hydrogen (secondary N) is 1. The molecule has 0 aliphatic rings. The maximum Gasteiger partial charge on any atom is 0.272 e. The lowest BCUT2D eigenvalue weighted by atomic mass is 10.1. The van der Waals surface area contributed by atoms with Gasteiger partial charge in [0.05, 0.1) is 11.0 Å². The first-order valence-corrected chi connectivity index (χ1v) is 7.57. The summed E-state index contributed by atoms with van der Waals surface area (Å²) in [6.45, 7) is 4.06. The van der Waals surface area contributed by atoms with Crippen molar-refractivity contribution < 1.29 is 9.18 Å². The van der Waals surface area contributed by atoms with E-state index in [9.17, 15) is 14.0 Å². The molecule has 0 unspecified atom stereocenters. The van der Waals surface area contributed by atoms with Crippen LogP contribution in [0, 0.1) is 12.7 Å². The number of carbonyl (C=O) groups is 1. The first-order chi connectivity index (χ1) is 11.5. The number of amides is 1. The van der Waals surface area contributed by atoms with Gasteiger partial charge in [-0.2, -0.15) is 0 Å². The van der Waals surface area contributed by atoms with E-state index < -0.39 is 0 Å². The summed E-state index contributed by atoms with van der Waals surface area (Å²) in [6, 6.07) is 10.5. The molecule has 1 aromatic heterocycles. The smallest absolute Gasteiger partial charge is 0.272 e. The SMILES string of the molecule is CCn1c(=O)c(C)nc2cc(C(=O)Nc3ccc(F)cc3)ccc21. The molecule has 0 saturated carbocycles. The van der Waals surface area contributed by atoms with Crippen molar-refractivity contribution >= 4 is 22.6 Å². The third kappa shape index (κ3) is 2.90. The molecule has 24 heavy (non-hydrogen) atoms. The second kappa shape index (κ2) is 6.23. The number of rotatable bonds is 3. The van der Waals surface area contributed by atoms with Gasteiger partial charge in [0.1, 0.15) is 11.5 Å².